The smallest absolute Gasteiger partial charge is 0.0846 e. The Morgan fingerprint density at radius 1 is 1.41 bits per heavy atom. The summed E-state index contributed by atoms with van der Waals surface area (Å²) in [4.78, 5) is 1.29. The largest absolute Gasteiger partial charge is 0.308 e. The van der Waals surface area contributed by atoms with Crippen LogP contribution in [-0.4, -0.2) is 12.1 Å². The van der Waals surface area contributed by atoms with Gasteiger partial charge in [-0.05, 0) is 71.2 Å². The minimum atomic E-state index is 0.172. The van der Waals surface area contributed by atoms with E-state index in [-0.39, 0.29) is 5.54 Å². The second-order valence-corrected chi connectivity index (χ2v) is 8.29. The highest BCUT2D eigenvalue weighted by Crippen LogP contribution is 2.33. The highest BCUT2D eigenvalue weighted by molar-refractivity contribution is 9.13. The molecule has 0 bridgehead atoms. The summed E-state index contributed by atoms with van der Waals surface area (Å²) in [5, 5.41) is 3.53. The lowest BCUT2D eigenvalue weighted by atomic mass is 10.1. The Hall–Kier alpha value is 0.360. The van der Waals surface area contributed by atoms with Crippen molar-refractivity contribution in [2.75, 3.05) is 6.54 Å². The Bertz CT molecular complexity index is 383. The van der Waals surface area contributed by atoms with Crippen molar-refractivity contribution in [3.05, 3.63) is 24.8 Å². The van der Waals surface area contributed by atoms with Crippen molar-refractivity contribution in [3.8, 4) is 0 Å². The lowest BCUT2D eigenvalue weighted by Gasteiger charge is -2.21. The Morgan fingerprint density at radius 2 is 2.06 bits per heavy atom. The minimum Gasteiger partial charge on any atom is -0.308 e. The molecular weight excluding hydrogens is 362 g/mol. The monoisotopic (exact) mass is 379 g/mol. The summed E-state index contributed by atoms with van der Waals surface area (Å²) in [6, 6.07) is 2.15. The molecule has 0 fully saturated rings. The van der Waals surface area contributed by atoms with Crippen molar-refractivity contribution in [2.24, 2.45) is 0 Å². The number of hydrogen-bond donors (Lipinski definition) is 1. The molecule has 1 nitrogen and oxygen atoms in total. The summed E-state index contributed by atoms with van der Waals surface area (Å²) in [5.74, 6) is 0. The third-order valence-corrected chi connectivity index (χ3v) is 5.51. The van der Waals surface area contributed by atoms with Gasteiger partial charge in [0.05, 0.1) is 3.79 Å². The summed E-state index contributed by atoms with van der Waals surface area (Å²) in [7, 11) is 0. The maximum atomic E-state index is 3.53. The minimum absolute atomic E-state index is 0.172. The average molecular weight is 381 g/mol. The summed E-state index contributed by atoms with van der Waals surface area (Å²) in [6.45, 7) is 9.73. The molecule has 0 aliphatic carbocycles. The standard InChI is InChI=1S/C13H19Br2NS/c1-5-9(8-16-13(2,3)4)6-10-7-11(14)12(15)17-10/h6-7,16H,5,8H2,1-4H3. The second-order valence-electron chi connectivity index (χ2n) is 5.03. The Morgan fingerprint density at radius 3 is 2.47 bits per heavy atom. The zero-order chi connectivity index (χ0) is 13.1. The van der Waals surface area contributed by atoms with Crippen LogP contribution in [0.5, 0.6) is 0 Å². The summed E-state index contributed by atoms with van der Waals surface area (Å²) in [6.07, 6.45) is 3.36. The fourth-order valence-electron chi connectivity index (χ4n) is 1.29. The van der Waals surface area contributed by atoms with Crippen LogP contribution in [0.15, 0.2) is 19.9 Å². The molecule has 0 atom stereocenters. The first kappa shape index (κ1) is 15.4. The molecule has 4 heteroatoms. The van der Waals surface area contributed by atoms with Crippen molar-refractivity contribution in [1.29, 1.82) is 0 Å². The van der Waals surface area contributed by atoms with E-state index in [4.69, 9.17) is 0 Å². The molecule has 0 aliphatic rings. The molecule has 0 saturated heterocycles. The number of hydrogen-bond acceptors (Lipinski definition) is 2. The molecule has 0 aromatic carbocycles. The van der Waals surface area contributed by atoms with Crippen LogP contribution in [0, 0.1) is 0 Å². The van der Waals surface area contributed by atoms with Crippen LogP contribution < -0.4 is 5.32 Å². The van der Waals surface area contributed by atoms with Crippen LogP contribution in [0.3, 0.4) is 0 Å². The Kier molecular flexibility index (Phi) is 5.90. The van der Waals surface area contributed by atoms with Gasteiger partial charge in [0.1, 0.15) is 0 Å². The SMILES string of the molecule is CCC(=Cc1cc(Br)c(Br)s1)CNC(C)(C)C. The maximum Gasteiger partial charge on any atom is 0.0846 e. The van der Waals surface area contributed by atoms with Crippen LogP contribution in [-0.2, 0) is 0 Å². The first-order valence-corrected chi connectivity index (χ1v) is 8.11. The summed E-state index contributed by atoms with van der Waals surface area (Å²) >= 11 is 8.80. The van der Waals surface area contributed by atoms with Crippen LogP contribution in [0.4, 0.5) is 0 Å². The molecule has 0 spiro atoms. The van der Waals surface area contributed by atoms with E-state index in [0.717, 1.165) is 21.2 Å². The van der Waals surface area contributed by atoms with Gasteiger partial charge in [0.2, 0.25) is 0 Å². The van der Waals surface area contributed by atoms with E-state index in [9.17, 15) is 0 Å². The quantitative estimate of drug-likeness (QED) is 0.731. The van der Waals surface area contributed by atoms with Gasteiger partial charge in [-0.3, -0.25) is 0 Å². The van der Waals surface area contributed by atoms with E-state index in [1.807, 2.05) is 0 Å². The predicted octanol–water partition coefficient (Wildman–Crippen LogP) is 5.45. The zero-order valence-corrected chi connectivity index (χ0v) is 14.7. The first-order valence-electron chi connectivity index (χ1n) is 5.71. The molecule has 1 N–H and O–H groups in total. The number of nitrogens with one attached hydrogen (secondary N) is 1. The van der Waals surface area contributed by atoms with Gasteiger partial charge in [-0.25, -0.2) is 0 Å². The van der Waals surface area contributed by atoms with Gasteiger partial charge in [0.15, 0.2) is 0 Å². The van der Waals surface area contributed by atoms with E-state index < -0.39 is 0 Å². The topological polar surface area (TPSA) is 12.0 Å². The molecule has 17 heavy (non-hydrogen) atoms. The third-order valence-electron chi connectivity index (χ3n) is 2.31. The predicted molar refractivity (Wildman–Crippen MR) is 85.7 cm³/mol. The zero-order valence-electron chi connectivity index (χ0n) is 10.7. The summed E-state index contributed by atoms with van der Waals surface area (Å²) in [5.41, 5.74) is 1.60. The van der Waals surface area contributed by atoms with Gasteiger partial charge >= 0.3 is 0 Å². The van der Waals surface area contributed by atoms with Gasteiger partial charge in [-0.1, -0.05) is 12.5 Å². The Balaban J connectivity index is 2.73. The van der Waals surface area contributed by atoms with E-state index in [1.165, 1.54) is 10.5 Å². The molecular formula is C13H19Br2NS. The van der Waals surface area contributed by atoms with Gasteiger partial charge in [-0.15, -0.1) is 11.3 Å². The van der Waals surface area contributed by atoms with E-state index in [0.29, 0.717) is 0 Å². The Labute approximate surface area is 125 Å². The molecule has 96 valence electrons. The van der Waals surface area contributed by atoms with Gasteiger partial charge in [0.25, 0.3) is 0 Å². The van der Waals surface area contributed by atoms with Gasteiger partial charge in [0, 0.05) is 21.4 Å². The van der Waals surface area contributed by atoms with Crippen molar-refractivity contribution in [2.45, 2.75) is 39.7 Å². The molecule has 1 rings (SSSR count). The molecule has 1 heterocycles. The number of halogens is 2. The average Bonchev–Trinajstić information content (AvgIpc) is 2.51. The van der Waals surface area contributed by atoms with Crippen molar-refractivity contribution < 1.29 is 0 Å². The molecule has 0 amide bonds. The second kappa shape index (κ2) is 6.50. The van der Waals surface area contributed by atoms with Gasteiger partial charge < -0.3 is 5.32 Å². The van der Waals surface area contributed by atoms with Crippen molar-refractivity contribution in [3.63, 3.8) is 0 Å². The van der Waals surface area contributed by atoms with Crippen molar-refractivity contribution in [1.82, 2.24) is 5.32 Å². The highest BCUT2D eigenvalue weighted by atomic mass is 79.9. The molecule has 0 saturated carbocycles. The number of rotatable bonds is 4. The van der Waals surface area contributed by atoms with Crippen LogP contribution in [0.25, 0.3) is 6.08 Å². The molecule has 1 aromatic heterocycles. The molecule has 0 aliphatic heterocycles. The van der Waals surface area contributed by atoms with Crippen LogP contribution in [0.2, 0.25) is 0 Å². The molecule has 1 aromatic rings. The third kappa shape index (κ3) is 5.69. The van der Waals surface area contributed by atoms with E-state index in [2.05, 4.69) is 77.0 Å². The first-order chi connectivity index (χ1) is 7.81. The van der Waals surface area contributed by atoms with E-state index in [1.54, 1.807) is 11.3 Å². The van der Waals surface area contributed by atoms with Crippen molar-refractivity contribution >= 4 is 49.3 Å². The normalized spacial score (nSPS) is 13.2. The molecule has 0 unspecified atom stereocenters. The molecule has 0 radical (unpaired) electrons. The summed E-state index contributed by atoms with van der Waals surface area (Å²) < 4.78 is 2.29. The maximum absolute atomic E-state index is 3.53. The fourth-order valence-corrected chi connectivity index (χ4v) is 3.37. The van der Waals surface area contributed by atoms with Crippen LogP contribution >= 0.6 is 43.2 Å². The lowest BCUT2D eigenvalue weighted by molar-refractivity contribution is 0.443. The van der Waals surface area contributed by atoms with Crippen LogP contribution in [0.1, 0.15) is 39.0 Å². The lowest BCUT2D eigenvalue weighted by Crippen LogP contribution is -2.36. The highest BCUT2D eigenvalue weighted by Gasteiger charge is 2.09. The fraction of sp³-hybridized carbons (Fsp3) is 0.538. The van der Waals surface area contributed by atoms with Gasteiger partial charge in [-0.2, -0.15) is 0 Å². The van der Waals surface area contributed by atoms with E-state index >= 15 is 0 Å². The number of thiophene rings is 1.